The first kappa shape index (κ1) is 13.1. The SMILES string of the molecule is COC(=O)c1cc(C=NNC(N)=S)ccc1C. The molecule has 0 radical (unpaired) electrons. The van der Waals surface area contributed by atoms with Crippen LogP contribution in [0.2, 0.25) is 0 Å². The highest BCUT2D eigenvalue weighted by molar-refractivity contribution is 7.80. The van der Waals surface area contributed by atoms with E-state index in [0.717, 1.165) is 11.1 Å². The van der Waals surface area contributed by atoms with Gasteiger partial charge in [-0.25, -0.2) is 4.79 Å². The van der Waals surface area contributed by atoms with Crippen molar-refractivity contribution >= 4 is 29.5 Å². The molecule has 1 aromatic carbocycles. The molecule has 5 nitrogen and oxygen atoms in total. The van der Waals surface area contributed by atoms with Crippen LogP contribution in [0.3, 0.4) is 0 Å². The Morgan fingerprint density at radius 3 is 2.88 bits per heavy atom. The number of hydrogen-bond donors (Lipinski definition) is 2. The van der Waals surface area contributed by atoms with Gasteiger partial charge in [0.15, 0.2) is 5.11 Å². The minimum absolute atomic E-state index is 0.0848. The fourth-order valence-electron chi connectivity index (χ4n) is 1.22. The normalized spacial score (nSPS) is 10.2. The van der Waals surface area contributed by atoms with Crippen LogP contribution in [0.25, 0.3) is 0 Å². The van der Waals surface area contributed by atoms with Gasteiger partial charge in [-0.15, -0.1) is 0 Å². The summed E-state index contributed by atoms with van der Waals surface area (Å²) in [6.07, 6.45) is 1.52. The Bertz CT molecular complexity index is 472. The lowest BCUT2D eigenvalue weighted by Gasteiger charge is -2.04. The molecule has 0 saturated heterocycles. The Balaban J connectivity index is 2.92. The Kier molecular flexibility index (Phi) is 4.59. The predicted octanol–water partition coefficient (Wildman–Crippen LogP) is 0.949. The molecule has 0 bridgehead atoms. The van der Waals surface area contributed by atoms with Gasteiger partial charge in [0.1, 0.15) is 0 Å². The van der Waals surface area contributed by atoms with Gasteiger partial charge in [-0.2, -0.15) is 5.10 Å². The zero-order valence-electron chi connectivity index (χ0n) is 9.56. The summed E-state index contributed by atoms with van der Waals surface area (Å²) in [7, 11) is 1.34. The van der Waals surface area contributed by atoms with Crippen LogP contribution < -0.4 is 11.2 Å². The van der Waals surface area contributed by atoms with Gasteiger partial charge in [0, 0.05) is 0 Å². The lowest BCUT2D eigenvalue weighted by molar-refractivity contribution is 0.0600. The van der Waals surface area contributed by atoms with E-state index in [1.807, 2.05) is 19.1 Å². The second-order valence-electron chi connectivity index (χ2n) is 3.30. The molecule has 0 aliphatic rings. The topological polar surface area (TPSA) is 76.7 Å². The van der Waals surface area contributed by atoms with Crippen molar-refractivity contribution in [3.8, 4) is 0 Å². The number of carbonyl (C=O) groups excluding carboxylic acids is 1. The summed E-state index contributed by atoms with van der Waals surface area (Å²) in [6, 6.07) is 5.33. The van der Waals surface area contributed by atoms with Crippen molar-refractivity contribution in [2.45, 2.75) is 6.92 Å². The number of hydrazone groups is 1. The average Bonchev–Trinajstić information content (AvgIpc) is 2.30. The van der Waals surface area contributed by atoms with Gasteiger partial charge in [-0.1, -0.05) is 12.1 Å². The van der Waals surface area contributed by atoms with E-state index < -0.39 is 0 Å². The van der Waals surface area contributed by atoms with Gasteiger partial charge < -0.3 is 10.5 Å². The van der Waals surface area contributed by atoms with Crippen LogP contribution in [0.4, 0.5) is 0 Å². The van der Waals surface area contributed by atoms with Gasteiger partial charge in [0.05, 0.1) is 18.9 Å². The summed E-state index contributed by atoms with van der Waals surface area (Å²) >= 11 is 4.60. The van der Waals surface area contributed by atoms with Crippen molar-refractivity contribution in [3.63, 3.8) is 0 Å². The third-order valence-corrected chi connectivity index (χ3v) is 2.15. The molecule has 0 heterocycles. The summed E-state index contributed by atoms with van der Waals surface area (Å²) in [5.74, 6) is -0.375. The lowest BCUT2D eigenvalue weighted by atomic mass is 10.1. The molecule has 0 aromatic heterocycles. The van der Waals surface area contributed by atoms with Crippen LogP contribution in [-0.2, 0) is 4.74 Å². The molecule has 0 saturated carbocycles. The maximum Gasteiger partial charge on any atom is 0.338 e. The molecule has 1 aromatic rings. The first-order chi connectivity index (χ1) is 8.04. The van der Waals surface area contributed by atoms with Gasteiger partial charge in [0.25, 0.3) is 0 Å². The van der Waals surface area contributed by atoms with Crippen molar-refractivity contribution in [3.05, 3.63) is 34.9 Å². The average molecular weight is 251 g/mol. The van der Waals surface area contributed by atoms with Crippen LogP contribution in [0.5, 0.6) is 0 Å². The van der Waals surface area contributed by atoms with Crippen LogP contribution in [0.1, 0.15) is 21.5 Å². The molecule has 3 N–H and O–H groups in total. The number of carbonyl (C=O) groups is 1. The first-order valence-electron chi connectivity index (χ1n) is 4.82. The predicted molar refractivity (Wildman–Crippen MR) is 70.0 cm³/mol. The molecule has 17 heavy (non-hydrogen) atoms. The highest BCUT2D eigenvalue weighted by Crippen LogP contribution is 2.11. The second kappa shape index (κ2) is 5.95. The number of hydrogen-bond acceptors (Lipinski definition) is 4. The molecular formula is C11H13N3O2S. The number of methoxy groups -OCH3 is 1. The van der Waals surface area contributed by atoms with E-state index in [1.54, 1.807) is 6.07 Å². The van der Waals surface area contributed by atoms with E-state index in [-0.39, 0.29) is 11.1 Å². The number of thiocarbonyl (C=S) groups is 1. The van der Waals surface area contributed by atoms with E-state index in [9.17, 15) is 4.79 Å². The minimum Gasteiger partial charge on any atom is -0.465 e. The summed E-state index contributed by atoms with van der Waals surface area (Å²) in [5, 5.41) is 3.89. The monoisotopic (exact) mass is 251 g/mol. The first-order valence-corrected chi connectivity index (χ1v) is 5.23. The van der Waals surface area contributed by atoms with Crippen LogP contribution in [0, 0.1) is 6.92 Å². The number of nitrogens with one attached hydrogen (secondary N) is 1. The highest BCUT2D eigenvalue weighted by atomic mass is 32.1. The largest absolute Gasteiger partial charge is 0.465 e. The zero-order valence-corrected chi connectivity index (χ0v) is 10.4. The van der Waals surface area contributed by atoms with Gasteiger partial charge >= 0.3 is 5.97 Å². The molecule has 0 aliphatic heterocycles. The Morgan fingerprint density at radius 2 is 2.29 bits per heavy atom. The maximum atomic E-state index is 11.4. The summed E-state index contributed by atoms with van der Waals surface area (Å²) in [6.45, 7) is 1.83. The third-order valence-electron chi connectivity index (χ3n) is 2.06. The van der Waals surface area contributed by atoms with Crippen molar-refractivity contribution in [2.24, 2.45) is 10.8 Å². The highest BCUT2D eigenvalue weighted by Gasteiger charge is 2.08. The number of nitrogens with two attached hydrogens (primary N) is 1. The van der Waals surface area contributed by atoms with Crippen LogP contribution in [0.15, 0.2) is 23.3 Å². The third kappa shape index (κ3) is 3.84. The number of aryl methyl sites for hydroxylation is 1. The van der Waals surface area contributed by atoms with Crippen LogP contribution >= 0.6 is 12.2 Å². The molecule has 1 rings (SSSR count). The van der Waals surface area contributed by atoms with Crippen molar-refractivity contribution in [1.29, 1.82) is 0 Å². The summed E-state index contributed by atoms with van der Waals surface area (Å²) < 4.78 is 4.67. The van der Waals surface area contributed by atoms with E-state index in [1.165, 1.54) is 13.3 Å². The Hall–Kier alpha value is -1.95. The Morgan fingerprint density at radius 1 is 1.59 bits per heavy atom. The van der Waals surface area contributed by atoms with Gasteiger partial charge in [-0.3, -0.25) is 5.43 Å². The van der Waals surface area contributed by atoms with E-state index in [0.29, 0.717) is 5.56 Å². The van der Waals surface area contributed by atoms with E-state index in [2.05, 4.69) is 27.5 Å². The number of nitrogens with zero attached hydrogens (tertiary/aromatic N) is 1. The quantitative estimate of drug-likeness (QED) is 0.362. The number of rotatable bonds is 3. The zero-order chi connectivity index (χ0) is 12.8. The van der Waals surface area contributed by atoms with E-state index >= 15 is 0 Å². The maximum absolute atomic E-state index is 11.4. The molecule has 6 heteroatoms. The fourth-order valence-corrected chi connectivity index (χ4v) is 1.27. The smallest absolute Gasteiger partial charge is 0.338 e. The fraction of sp³-hybridized carbons (Fsp3) is 0.182. The molecule has 90 valence electrons. The van der Waals surface area contributed by atoms with Crippen molar-refractivity contribution < 1.29 is 9.53 Å². The summed E-state index contributed by atoms with van der Waals surface area (Å²) in [5.41, 5.74) is 9.75. The molecule has 0 aliphatic carbocycles. The van der Waals surface area contributed by atoms with Crippen molar-refractivity contribution in [2.75, 3.05) is 7.11 Å². The van der Waals surface area contributed by atoms with Crippen LogP contribution in [-0.4, -0.2) is 24.4 Å². The Labute approximate surface area is 105 Å². The molecular weight excluding hydrogens is 238 g/mol. The number of benzene rings is 1. The van der Waals surface area contributed by atoms with Gasteiger partial charge in [0.2, 0.25) is 0 Å². The second-order valence-corrected chi connectivity index (χ2v) is 3.74. The summed E-state index contributed by atoms with van der Waals surface area (Å²) in [4.78, 5) is 11.4. The standard InChI is InChI=1S/C11H13N3O2S/c1-7-3-4-8(6-13-14-11(12)17)5-9(7)10(15)16-2/h3-6H,1-2H3,(H3,12,14,17). The number of esters is 1. The number of ether oxygens (including phenoxy) is 1. The molecule has 0 amide bonds. The molecule has 0 spiro atoms. The van der Waals surface area contributed by atoms with E-state index in [4.69, 9.17) is 5.73 Å². The van der Waals surface area contributed by atoms with Gasteiger partial charge in [-0.05, 0) is 36.3 Å². The van der Waals surface area contributed by atoms with Crippen molar-refractivity contribution in [1.82, 2.24) is 5.43 Å². The minimum atomic E-state index is -0.375. The molecule has 0 atom stereocenters. The molecule has 0 unspecified atom stereocenters. The molecule has 0 fully saturated rings. The lowest BCUT2D eigenvalue weighted by Crippen LogP contribution is -2.24.